The smallest absolute Gasteiger partial charge is 0.387 e. The summed E-state index contributed by atoms with van der Waals surface area (Å²) in [5, 5.41) is 4.06. The van der Waals surface area contributed by atoms with E-state index in [2.05, 4.69) is 15.0 Å². The minimum Gasteiger partial charge on any atom is -0.447 e. The number of carbonyl (C=O) groups is 1. The summed E-state index contributed by atoms with van der Waals surface area (Å²) in [5.41, 5.74) is -0.901. The van der Waals surface area contributed by atoms with Gasteiger partial charge >= 0.3 is 12.3 Å². The lowest BCUT2D eigenvalue weighted by atomic mass is 10.1. The summed E-state index contributed by atoms with van der Waals surface area (Å²) in [4.78, 5) is 41.0. The second-order valence-corrected chi connectivity index (χ2v) is 7.92. The normalized spacial score (nSPS) is 11.4. The van der Waals surface area contributed by atoms with Crippen molar-refractivity contribution in [3.63, 3.8) is 0 Å². The molecule has 0 radical (unpaired) electrons. The van der Waals surface area contributed by atoms with Crippen molar-refractivity contribution in [2.24, 2.45) is 14.1 Å². The first kappa shape index (κ1) is 23.2. The van der Waals surface area contributed by atoms with Gasteiger partial charge in [-0.1, -0.05) is 0 Å². The summed E-state index contributed by atoms with van der Waals surface area (Å²) >= 11 is 0.952. The number of anilines is 1. The summed E-state index contributed by atoms with van der Waals surface area (Å²) in [7, 11) is 2.72. The third kappa shape index (κ3) is 4.19. The van der Waals surface area contributed by atoms with Gasteiger partial charge in [-0.25, -0.2) is 18.6 Å². The number of amides is 1. The van der Waals surface area contributed by atoms with Crippen LogP contribution in [-0.2, 0) is 25.3 Å². The molecule has 4 aromatic rings. The van der Waals surface area contributed by atoms with Gasteiger partial charge in [0.15, 0.2) is 22.5 Å². The molecule has 3 heterocycles. The van der Waals surface area contributed by atoms with Gasteiger partial charge in [-0.3, -0.25) is 18.7 Å². The van der Waals surface area contributed by atoms with Gasteiger partial charge in [0, 0.05) is 30.6 Å². The zero-order valence-corrected chi connectivity index (χ0v) is 18.2. The van der Waals surface area contributed by atoms with Gasteiger partial charge < -0.3 is 14.5 Å². The number of hydrogen-bond donors (Lipinski definition) is 1. The molecule has 14 heteroatoms. The van der Waals surface area contributed by atoms with Crippen LogP contribution in [0.15, 0.2) is 37.8 Å². The molecule has 0 saturated carbocycles. The number of hydrogen-bond acceptors (Lipinski definition) is 7. The molecule has 34 heavy (non-hydrogen) atoms. The number of fused-ring (bicyclic) bond motifs is 1. The van der Waals surface area contributed by atoms with E-state index in [1.54, 1.807) is 0 Å². The van der Waals surface area contributed by atoms with Gasteiger partial charge in [-0.2, -0.15) is 8.78 Å². The quantitative estimate of drug-likeness (QED) is 0.410. The summed E-state index contributed by atoms with van der Waals surface area (Å²) < 4.78 is 63.7. The van der Waals surface area contributed by atoms with E-state index in [-0.39, 0.29) is 39.5 Å². The van der Waals surface area contributed by atoms with Crippen molar-refractivity contribution in [3.05, 3.63) is 61.8 Å². The van der Waals surface area contributed by atoms with Crippen LogP contribution in [0.4, 0.5) is 22.7 Å². The predicted octanol–water partition coefficient (Wildman–Crippen LogP) is 3.01. The molecule has 1 N–H and O–H groups in total. The molecule has 0 fully saturated rings. The van der Waals surface area contributed by atoms with E-state index in [1.807, 2.05) is 0 Å². The number of carbonyl (C=O) groups excluding carboxylic acids is 1. The molecule has 0 aliphatic heterocycles. The van der Waals surface area contributed by atoms with Gasteiger partial charge in [0.1, 0.15) is 5.39 Å². The van der Waals surface area contributed by atoms with Crippen LogP contribution in [-0.4, -0.2) is 26.6 Å². The number of aromatic nitrogens is 3. The number of ether oxygens (including phenoxy) is 1. The van der Waals surface area contributed by atoms with Crippen LogP contribution in [0.5, 0.6) is 5.75 Å². The Balaban J connectivity index is 1.54. The largest absolute Gasteiger partial charge is 0.447 e. The highest BCUT2D eigenvalue weighted by Gasteiger charge is 2.20. The number of nitrogens with one attached hydrogen (secondary N) is 1. The molecule has 1 amide bonds. The van der Waals surface area contributed by atoms with Gasteiger partial charge in [0.05, 0.1) is 18.4 Å². The average Bonchev–Trinajstić information content (AvgIpc) is 3.40. The van der Waals surface area contributed by atoms with Gasteiger partial charge in [-0.15, -0.1) is 11.3 Å². The molecule has 0 atom stereocenters. The fourth-order valence-electron chi connectivity index (χ4n) is 3.26. The highest BCUT2D eigenvalue weighted by Crippen LogP contribution is 2.31. The minimum absolute atomic E-state index is 0.0238. The highest BCUT2D eigenvalue weighted by molar-refractivity contribution is 7.14. The third-order valence-corrected chi connectivity index (χ3v) is 5.61. The van der Waals surface area contributed by atoms with Crippen molar-refractivity contribution in [3.8, 4) is 17.0 Å². The SMILES string of the molecule is Cn1c(=O)c2c(CC(=O)Nc3nc(-c4cc(F)c(OC(F)F)c(F)c4)cs3)coc2n(C)c1=O. The Kier molecular flexibility index (Phi) is 6.00. The maximum absolute atomic E-state index is 14.0. The number of thiazole rings is 1. The van der Waals surface area contributed by atoms with Crippen LogP contribution in [0, 0.1) is 11.6 Å². The maximum atomic E-state index is 14.0. The van der Waals surface area contributed by atoms with Gasteiger partial charge in [0.2, 0.25) is 11.6 Å². The van der Waals surface area contributed by atoms with Crippen molar-refractivity contribution in [2.45, 2.75) is 13.0 Å². The van der Waals surface area contributed by atoms with E-state index in [9.17, 15) is 31.9 Å². The molecule has 3 aromatic heterocycles. The van der Waals surface area contributed by atoms with E-state index in [1.165, 1.54) is 25.7 Å². The van der Waals surface area contributed by atoms with Gasteiger partial charge in [-0.05, 0) is 12.1 Å². The van der Waals surface area contributed by atoms with E-state index in [0.29, 0.717) is 0 Å². The standard InChI is InChI=1S/C20H14F4N4O5S/c1-27-16(30)14-9(6-32-17(14)28(2)20(27)31)5-13(29)26-19-25-12(7-34-19)8-3-10(21)15(11(22)4-8)33-18(23)24/h3-4,6-7,18H,5H2,1-2H3,(H,25,26,29). The van der Waals surface area contributed by atoms with Gasteiger partial charge in [0.25, 0.3) is 5.56 Å². The van der Waals surface area contributed by atoms with E-state index >= 15 is 0 Å². The fourth-order valence-corrected chi connectivity index (χ4v) is 4.00. The van der Waals surface area contributed by atoms with Crippen LogP contribution in [0.3, 0.4) is 0 Å². The molecule has 4 rings (SSSR count). The summed E-state index contributed by atoms with van der Waals surface area (Å²) in [6, 6.07) is 1.55. The van der Waals surface area contributed by atoms with Crippen LogP contribution >= 0.6 is 11.3 Å². The third-order valence-electron chi connectivity index (χ3n) is 4.85. The number of benzene rings is 1. The predicted molar refractivity (Wildman–Crippen MR) is 113 cm³/mol. The van der Waals surface area contributed by atoms with Crippen LogP contribution in [0.25, 0.3) is 22.4 Å². The second kappa shape index (κ2) is 8.78. The summed E-state index contributed by atoms with van der Waals surface area (Å²) in [5.74, 6) is -4.45. The lowest BCUT2D eigenvalue weighted by Crippen LogP contribution is -2.36. The molecule has 178 valence electrons. The lowest BCUT2D eigenvalue weighted by molar-refractivity contribution is -0.115. The molecule has 9 nitrogen and oxygen atoms in total. The van der Waals surface area contributed by atoms with Crippen molar-refractivity contribution in [1.29, 1.82) is 0 Å². The fraction of sp³-hybridized carbons (Fsp3) is 0.200. The van der Waals surface area contributed by atoms with Crippen LogP contribution in [0.1, 0.15) is 5.56 Å². The summed E-state index contributed by atoms with van der Waals surface area (Å²) in [6.07, 6.45) is 0.922. The topological polar surface area (TPSA) is 108 Å². The molecule has 0 spiro atoms. The Labute approximate surface area is 190 Å². The minimum atomic E-state index is -3.40. The second-order valence-electron chi connectivity index (χ2n) is 7.06. The first-order chi connectivity index (χ1) is 16.1. The zero-order chi connectivity index (χ0) is 24.7. The Hall–Kier alpha value is -3.94. The van der Waals surface area contributed by atoms with Crippen molar-refractivity contribution < 1.29 is 31.5 Å². The summed E-state index contributed by atoms with van der Waals surface area (Å²) in [6.45, 7) is -3.40. The number of furan rings is 1. The molecule has 0 saturated heterocycles. The Bertz CT molecular complexity index is 1520. The molecular formula is C20H14F4N4O5S. The monoisotopic (exact) mass is 498 g/mol. The molecule has 0 aliphatic rings. The van der Waals surface area contributed by atoms with Crippen molar-refractivity contribution in [2.75, 3.05) is 5.32 Å². The number of nitrogens with zero attached hydrogens (tertiary/aromatic N) is 3. The number of rotatable bonds is 6. The maximum Gasteiger partial charge on any atom is 0.387 e. The van der Waals surface area contributed by atoms with E-state index in [4.69, 9.17) is 4.42 Å². The molecular weight excluding hydrogens is 484 g/mol. The number of halogens is 4. The van der Waals surface area contributed by atoms with E-state index in [0.717, 1.165) is 32.6 Å². The first-order valence-electron chi connectivity index (χ1n) is 9.42. The molecule has 0 unspecified atom stereocenters. The zero-order valence-electron chi connectivity index (χ0n) is 17.4. The Morgan fingerprint density at radius 1 is 1.21 bits per heavy atom. The Morgan fingerprint density at radius 2 is 1.88 bits per heavy atom. The lowest BCUT2D eigenvalue weighted by Gasteiger charge is -2.08. The number of alkyl halides is 2. The van der Waals surface area contributed by atoms with Crippen molar-refractivity contribution >= 4 is 33.5 Å². The van der Waals surface area contributed by atoms with Crippen molar-refractivity contribution in [1.82, 2.24) is 14.1 Å². The molecule has 0 bridgehead atoms. The first-order valence-corrected chi connectivity index (χ1v) is 10.3. The van der Waals surface area contributed by atoms with Crippen LogP contribution in [0.2, 0.25) is 0 Å². The van der Waals surface area contributed by atoms with E-state index < -0.39 is 41.2 Å². The highest BCUT2D eigenvalue weighted by atomic mass is 32.1. The molecule has 1 aromatic carbocycles. The molecule has 0 aliphatic carbocycles. The number of aryl methyl sites for hydroxylation is 1. The van der Waals surface area contributed by atoms with Crippen LogP contribution < -0.4 is 21.3 Å². The average molecular weight is 498 g/mol. The Morgan fingerprint density at radius 3 is 2.53 bits per heavy atom.